The Morgan fingerprint density at radius 2 is 2.26 bits per heavy atom. The van der Waals surface area contributed by atoms with Gasteiger partial charge >= 0.3 is 0 Å². The third-order valence-electron chi connectivity index (χ3n) is 3.62. The van der Waals surface area contributed by atoms with Crippen LogP contribution < -0.4 is 5.32 Å². The Balaban J connectivity index is 1.69. The Kier molecular flexibility index (Phi) is 5.79. The smallest absolute Gasteiger partial charge is 0.0964 e. The Hall–Kier alpha value is -0.940. The van der Waals surface area contributed by atoms with Gasteiger partial charge in [0.15, 0.2) is 0 Å². The van der Waals surface area contributed by atoms with E-state index in [1.54, 1.807) is 0 Å². The first-order valence-corrected chi connectivity index (χ1v) is 7.64. The molecule has 1 N–H and O–H groups in total. The van der Waals surface area contributed by atoms with Crippen LogP contribution >= 0.6 is 0 Å². The van der Waals surface area contributed by atoms with Gasteiger partial charge in [-0.25, -0.2) is 0 Å². The minimum absolute atomic E-state index is 0.827. The van der Waals surface area contributed by atoms with E-state index in [0.29, 0.717) is 0 Å². The summed E-state index contributed by atoms with van der Waals surface area (Å²) in [6.45, 7) is 10.7. The third kappa shape index (κ3) is 5.28. The van der Waals surface area contributed by atoms with Crippen LogP contribution in [0.1, 0.15) is 38.8 Å². The number of likely N-dealkylation sites (N-methyl/N-ethyl adjacent to an activating group) is 1. The maximum atomic E-state index is 4.20. The molecule has 0 unspecified atom stereocenters. The second kappa shape index (κ2) is 7.60. The summed E-state index contributed by atoms with van der Waals surface area (Å²) in [6.07, 6.45) is 6.06. The zero-order valence-corrected chi connectivity index (χ0v) is 12.3. The van der Waals surface area contributed by atoms with Gasteiger partial charge in [0.2, 0.25) is 0 Å². The van der Waals surface area contributed by atoms with Crippen LogP contribution in [0.15, 0.2) is 6.20 Å². The van der Waals surface area contributed by atoms with Crippen molar-refractivity contribution in [3.05, 3.63) is 11.9 Å². The molecule has 19 heavy (non-hydrogen) atoms. The Morgan fingerprint density at radius 3 is 2.95 bits per heavy atom. The fraction of sp³-hybridized carbons (Fsp3) is 0.857. The summed E-state index contributed by atoms with van der Waals surface area (Å²) in [7, 11) is 0. The quantitative estimate of drug-likeness (QED) is 0.651. The van der Waals surface area contributed by atoms with Crippen LogP contribution in [0, 0.1) is 5.92 Å². The Morgan fingerprint density at radius 1 is 1.42 bits per heavy atom. The maximum absolute atomic E-state index is 4.20. The number of aromatic nitrogens is 3. The summed E-state index contributed by atoms with van der Waals surface area (Å²) in [4.78, 5) is 2.52. The molecule has 1 heterocycles. The van der Waals surface area contributed by atoms with Gasteiger partial charge in [-0.3, -0.25) is 4.68 Å². The van der Waals surface area contributed by atoms with Crippen molar-refractivity contribution >= 4 is 0 Å². The molecule has 5 heteroatoms. The van der Waals surface area contributed by atoms with Gasteiger partial charge in [0.1, 0.15) is 0 Å². The van der Waals surface area contributed by atoms with Crippen molar-refractivity contribution in [2.75, 3.05) is 26.2 Å². The van der Waals surface area contributed by atoms with E-state index in [0.717, 1.165) is 50.8 Å². The van der Waals surface area contributed by atoms with E-state index in [9.17, 15) is 0 Å². The van der Waals surface area contributed by atoms with Gasteiger partial charge in [-0.2, -0.15) is 0 Å². The largest absolute Gasteiger partial charge is 0.311 e. The molecule has 0 aliphatic heterocycles. The molecule has 1 fully saturated rings. The van der Waals surface area contributed by atoms with Crippen LogP contribution in [0.5, 0.6) is 0 Å². The predicted octanol–water partition coefficient (Wildman–Crippen LogP) is 1.51. The highest BCUT2D eigenvalue weighted by Gasteiger charge is 2.23. The fourth-order valence-electron chi connectivity index (χ4n) is 2.21. The minimum Gasteiger partial charge on any atom is -0.311 e. The standard InChI is InChI=1S/C14H27N5/c1-3-7-15-10-14-12-19(17-16-14)9-8-18(4-2)11-13-5-6-13/h12-13,15H,3-11H2,1-2H3. The first-order valence-electron chi connectivity index (χ1n) is 7.64. The first-order chi connectivity index (χ1) is 9.31. The molecule has 1 aromatic rings. The Bertz CT molecular complexity index is 358. The molecule has 1 aromatic heterocycles. The molecule has 0 bridgehead atoms. The fourth-order valence-corrected chi connectivity index (χ4v) is 2.21. The number of hydrogen-bond donors (Lipinski definition) is 1. The SMILES string of the molecule is CCCNCc1cn(CCN(CC)CC2CC2)nn1. The van der Waals surface area contributed by atoms with Crippen molar-refractivity contribution in [2.24, 2.45) is 5.92 Å². The van der Waals surface area contributed by atoms with Crippen LogP contribution in [-0.2, 0) is 13.1 Å². The average Bonchev–Trinajstić information content (AvgIpc) is 3.13. The topological polar surface area (TPSA) is 46.0 Å². The van der Waals surface area contributed by atoms with Gasteiger partial charge in [-0.1, -0.05) is 19.1 Å². The molecule has 0 amide bonds. The number of hydrogen-bond acceptors (Lipinski definition) is 4. The lowest BCUT2D eigenvalue weighted by atomic mass is 10.3. The first kappa shape index (κ1) is 14.5. The second-order valence-electron chi connectivity index (χ2n) is 5.49. The van der Waals surface area contributed by atoms with E-state index in [4.69, 9.17) is 0 Å². The van der Waals surface area contributed by atoms with Crippen LogP contribution in [0.25, 0.3) is 0 Å². The average molecular weight is 265 g/mol. The van der Waals surface area contributed by atoms with Gasteiger partial charge in [0.05, 0.1) is 12.2 Å². The lowest BCUT2D eigenvalue weighted by Gasteiger charge is -2.19. The molecule has 0 saturated heterocycles. The molecule has 5 nitrogen and oxygen atoms in total. The van der Waals surface area contributed by atoms with Crippen molar-refractivity contribution in [1.82, 2.24) is 25.2 Å². The summed E-state index contributed by atoms with van der Waals surface area (Å²) in [6, 6.07) is 0. The zero-order chi connectivity index (χ0) is 13.5. The summed E-state index contributed by atoms with van der Waals surface area (Å²) in [5.74, 6) is 0.963. The van der Waals surface area contributed by atoms with E-state index >= 15 is 0 Å². The summed E-state index contributed by atoms with van der Waals surface area (Å²) < 4.78 is 1.97. The van der Waals surface area contributed by atoms with Gasteiger partial charge in [-0.15, -0.1) is 5.10 Å². The molecule has 0 spiro atoms. The molecule has 0 radical (unpaired) electrons. The van der Waals surface area contributed by atoms with Crippen molar-refractivity contribution in [3.8, 4) is 0 Å². The maximum Gasteiger partial charge on any atom is 0.0964 e. The molecule has 108 valence electrons. The van der Waals surface area contributed by atoms with E-state index < -0.39 is 0 Å². The molecule has 1 saturated carbocycles. The summed E-state index contributed by atoms with van der Waals surface area (Å²) in [5.41, 5.74) is 1.04. The summed E-state index contributed by atoms with van der Waals surface area (Å²) >= 11 is 0. The normalized spacial score (nSPS) is 15.3. The molecule has 1 aliphatic carbocycles. The van der Waals surface area contributed by atoms with Crippen LogP contribution in [-0.4, -0.2) is 46.1 Å². The van der Waals surface area contributed by atoms with E-state index in [-0.39, 0.29) is 0 Å². The molecule has 0 aromatic carbocycles. The third-order valence-corrected chi connectivity index (χ3v) is 3.62. The highest BCUT2D eigenvalue weighted by molar-refractivity contribution is 4.91. The van der Waals surface area contributed by atoms with Crippen molar-refractivity contribution in [3.63, 3.8) is 0 Å². The molecule has 0 atom stereocenters. The second-order valence-corrected chi connectivity index (χ2v) is 5.49. The van der Waals surface area contributed by atoms with Crippen molar-refractivity contribution < 1.29 is 0 Å². The number of rotatable bonds is 10. The number of nitrogens with zero attached hydrogens (tertiary/aromatic N) is 4. The minimum atomic E-state index is 0.827. The van der Waals surface area contributed by atoms with Crippen molar-refractivity contribution in [1.29, 1.82) is 0 Å². The lowest BCUT2D eigenvalue weighted by molar-refractivity contribution is 0.260. The molecule has 1 aliphatic rings. The van der Waals surface area contributed by atoms with E-state index in [1.807, 2.05) is 4.68 Å². The van der Waals surface area contributed by atoms with Crippen molar-refractivity contribution in [2.45, 2.75) is 46.2 Å². The lowest BCUT2D eigenvalue weighted by Crippen LogP contribution is -2.29. The van der Waals surface area contributed by atoms with Gasteiger partial charge < -0.3 is 10.2 Å². The molecule has 2 rings (SSSR count). The van der Waals surface area contributed by atoms with Crippen LogP contribution in [0.3, 0.4) is 0 Å². The Labute approximate surface area is 116 Å². The summed E-state index contributed by atoms with van der Waals surface area (Å²) in [5, 5.41) is 11.7. The zero-order valence-electron chi connectivity index (χ0n) is 12.3. The molecular formula is C14H27N5. The predicted molar refractivity (Wildman–Crippen MR) is 76.9 cm³/mol. The van der Waals surface area contributed by atoms with E-state index in [2.05, 4.69) is 40.6 Å². The number of nitrogens with one attached hydrogen (secondary N) is 1. The van der Waals surface area contributed by atoms with Crippen LogP contribution in [0.4, 0.5) is 0 Å². The highest BCUT2D eigenvalue weighted by Crippen LogP contribution is 2.29. The van der Waals surface area contributed by atoms with Gasteiger partial charge in [0, 0.05) is 25.8 Å². The van der Waals surface area contributed by atoms with Crippen LogP contribution in [0.2, 0.25) is 0 Å². The van der Waals surface area contributed by atoms with Gasteiger partial charge in [0.25, 0.3) is 0 Å². The monoisotopic (exact) mass is 265 g/mol. The van der Waals surface area contributed by atoms with Gasteiger partial charge in [-0.05, 0) is 38.3 Å². The highest BCUT2D eigenvalue weighted by atomic mass is 15.4. The molecular weight excluding hydrogens is 238 g/mol. The van der Waals surface area contributed by atoms with E-state index in [1.165, 1.54) is 19.4 Å².